The molecule has 0 radical (unpaired) electrons. The number of nitriles is 1. The topological polar surface area (TPSA) is 76.1 Å². The average molecular weight is 208 g/mol. The lowest BCUT2D eigenvalue weighted by Crippen LogP contribution is -2.03. The van der Waals surface area contributed by atoms with Crippen LogP contribution in [0.3, 0.4) is 0 Å². The molecule has 0 heterocycles. The molecule has 14 heavy (non-hydrogen) atoms. The third-order valence-electron chi connectivity index (χ3n) is 1.56. The third kappa shape index (κ3) is 2.18. The summed E-state index contributed by atoms with van der Waals surface area (Å²) in [5.74, 6) is -0.491. The summed E-state index contributed by atoms with van der Waals surface area (Å²) in [4.78, 5) is 11.8. The Balaban J connectivity index is 3.16. The zero-order valence-electron chi connectivity index (χ0n) is 7.48. The summed E-state index contributed by atoms with van der Waals surface area (Å²) in [6.45, 7) is 0. The Morgan fingerprint density at radius 3 is 2.93 bits per heavy atom. The standard InChI is InChI=1S/C9H8N2O2S/c1-13-9(12)7-4-6(11)2-3-8(7)14-5-10/h2-4H,11H2,1H3. The van der Waals surface area contributed by atoms with Gasteiger partial charge in [-0.15, -0.1) is 0 Å². The molecule has 72 valence electrons. The molecule has 0 aromatic heterocycles. The Hall–Kier alpha value is -1.67. The zero-order chi connectivity index (χ0) is 10.6. The highest BCUT2D eigenvalue weighted by Gasteiger charge is 2.12. The molecule has 2 N–H and O–H groups in total. The van der Waals surface area contributed by atoms with Crippen LogP contribution < -0.4 is 5.73 Å². The minimum atomic E-state index is -0.491. The number of nitrogen functional groups attached to an aromatic ring is 1. The molecule has 0 atom stereocenters. The number of esters is 1. The highest BCUT2D eigenvalue weighted by molar-refractivity contribution is 8.03. The second kappa shape index (κ2) is 4.53. The number of thiocyanates is 1. The Labute approximate surface area is 85.7 Å². The minimum Gasteiger partial charge on any atom is -0.465 e. The molecule has 0 saturated heterocycles. The van der Waals surface area contributed by atoms with Gasteiger partial charge in [0.05, 0.1) is 12.7 Å². The number of thioether (sulfide) groups is 1. The van der Waals surface area contributed by atoms with Crippen molar-refractivity contribution in [2.45, 2.75) is 4.90 Å². The number of ether oxygens (including phenoxy) is 1. The third-order valence-corrected chi connectivity index (χ3v) is 2.23. The SMILES string of the molecule is COC(=O)c1cc(N)ccc1SC#N. The molecule has 0 fully saturated rings. The molecule has 1 aromatic rings. The second-order valence-corrected chi connectivity index (χ2v) is 3.27. The molecule has 0 unspecified atom stereocenters. The summed E-state index contributed by atoms with van der Waals surface area (Å²) in [7, 11) is 1.28. The first kappa shape index (κ1) is 10.4. The molecular formula is C9H8N2O2S. The molecule has 0 amide bonds. The molecule has 0 aliphatic rings. The molecule has 0 spiro atoms. The van der Waals surface area contributed by atoms with Crippen LogP contribution in [0.5, 0.6) is 0 Å². The summed E-state index contributed by atoms with van der Waals surface area (Å²) in [6, 6.07) is 4.74. The Kier molecular flexibility index (Phi) is 3.37. The summed E-state index contributed by atoms with van der Waals surface area (Å²) in [5, 5.41) is 10.4. The van der Waals surface area contributed by atoms with Crippen LogP contribution in [0, 0.1) is 10.7 Å². The molecule has 0 aliphatic carbocycles. The number of rotatable bonds is 2. The number of hydrogen-bond acceptors (Lipinski definition) is 5. The van der Waals surface area contributed by atoms with E-state index in [1.165, 1.54) is 13.2 Å². The number of benzene rings is 1. The second-order valence-electron chi connectivity index (χ2n) is 2.44. The van der Waals surface area contributed by atoms with Crippen molar-refractivity contribution in [3.05, 3.63) is 23.8 Å². The highest BCUT2D eigenvalue weighted by atomic mass is 32.2. The first-order valence-electron chi connectivity index (χ1n) is 3.73. The van der Waals surface area contributed by atoms with Crippen molar-refractivity contribution < 1.29 is 9.53 Å². The molecule has 1 rings (SSSR count). The smallest absolute Gasteiger partial charge is 0.339 e. The molecule has 1 aromatic carbocycles. The van der Waals surface area contributed by atoms with E-state index in [4.69, 9.17) is 11.0 Å². The van der Waals surface area contributed by atoms with Crippen LogP contribution in [-0.2, 0) is 4.74 Å². The number of methoxy groups -OCH3 is 1. The summed E-state index contributed by atoms with van der Waals surface area (Å²) >= 11 is 0.903. The monoisotopic (exact) mass is 208 g/mol. The van der Waals surface area contributed by atoms with Gasteiger partial charge in [0, 0.05) is 10.6 Å². The largest absolute Gasteiger partial charge is 0.465 e. The fourth-order valence-corrected chi connectivity index (χ4v) is 1.44. The Morgan fingerprint density at radius 2 is 2.36 bits per heavy atom. The van der Waals surface area contributed by atoms with E-state index < -0.39 is 5.97 Å². The number of nitrogens with two attached hydrogens (primary N) is 1. The van der Waals surface area contributed by atoms with Gasteiger partial charge in [0.15, 0.2) is 0 Å². The zero-order valence-corrected chi connectivity index (χ0v) is 8.30. The van der Waals surface area contributed by atoms with Crippen molar-refractivity contribution in [3.8, 4) is 5.40 Å². The number of nitrogens with zero attached hydrogens (tertiary/aromatic N) is 1. The van der Waals surface area contributed by atoms with Crippen LogP contribution >= 0.6 is 11.8 Å². The molecule has 4 nitrogen and oxygen atoms in total. The minimum absolute atomic E-state index is 0.319. The lowest BCUT2D eigenvalue weighted by Gasteiger charge is -2.04. The predicted octanol–water partition coefficient (Wildman–Crippen LogP) is 1.63. The van der Waals surface area contributed by atoms with E-state index in [9.17, 15) is 4.79 Å². The molecule has 5 heteroatoms. The normalized spacial score (nSPS) is 9.14. The van der Waals surface area contributed by atoms with Crippen molar-refractivity contribution in [3.63, 3.8) is 0 Å². The lowest BCUT2D eigenvalue weighted by molar-refractivity contribution is 0.0597. The lowest BCUT2D eigenvalue weighted by atomic mass is 10.2. The van der Waals surface area contributed by atoms with Crippen LogP contribution in [0.15, 0.2) is 23.1 Å². The van der Waals surface area contributed by atoms with Crippen LogP contribution in [-0.4, -0.2) is 13.1 Å². The van der Waals surface area contributed by atoms with E-state index in [0.717, 1.165) is 11.8 Å². The first-order valence-corrected chi connectivity index (χ1v) is 4.54. The number of hydrogen-bond donors (Lipinski definition) is 1. The van der Waals surface area contributed by atoms with Gasteiger partial charge in [0.25, 0.3) is 0 Å². The van der Waals surface area contributed by atoms with E-state index in [-0.39, 0.29) is 0 Å². The van der Waals surface area contributed by atoms with Gasteiger partial charge >= 0.3 is 5.97 Å². The van der Waals surface area contributed by atoms with Crippen LogP contribution in [0.2, 0.25) is 0 Å². The quantitative estimate of drug-likeness (QED) is 0.346. The van der Waals surface area contributed by atoms with Gasteiger partial charge in [-0.05, 0) is 30.0 Å². The van der Waals surface area contributed by atoms with Gasteiger partial charge in [-0.25, -0.2) is 4.79 Å². The molecular weight excluding hydrogens is 200 g/mol. The maximum absolute atomic E-state index is 11.3. The van der Waals surface area contributed by atoms with Crippen LogP contribution in [0.25, 0.3) is 0 Å². The van der Waals surface area contributed by atoms with Crippen molar-refractivity contribution >= 4 is 23.4 Å². The Bertz CT molecular complexity index is 398. The van der Waals surface area contributed by atoms with Crippen molar-refractivity contribution in [2.75, 3.05) is 12.8 Å². The van der Waals surface area contributed by atoms with E-state index in [0.29, 0.717) is 16.1 Å². The van der Waals surface area contributed by atoms with E-state index in [1.807, 2.05) is 5.40 Å². The van der Waals surface area contributed by atoms with Crippen LogP contribution in [0.1, 0.15) is 10.4 Å². The summed E-state index contributed by atoms with van der Waals surface area (Å²) in [6.07, 6.45) is 0. The van der Waals surface area contributed by atoms with Gasteiger partial charge in [-0.3, -0.25) is 0 Å². The molecule has 0 aliphatic heterocycles. The van der Waals surface area contributed by atoms with Crippen molar-refractivity contribution in [2.24, 2.45) is 0 Å². The van der Waals surface area contributed by atoms with E-state index in [1.54, 1.807) is 12.1 Å². The van der Waals surface area contributed by atoms with Gasteiger partial charge in [-0.1, -0.05) is 0 Å². The van der Waals surface area contributed by atoms with Crippen molar-refractivity contribution in [1.82, 2.24) is 0 Å². The van der Waals surface area contributed by atoms with Crippen molar-refractivity contribution in [1.29, 1.82) is 5.26 Å². The van der Waals surface area contributed by atoms with Gasteiger partial charge in [0.1, 0.15) is 5.40 Å². The predicted molar refractivity (Wildman–Crippen MR) is 53.7 cm³/mol. The summed E-state index contributed by atoms with van der Waals surface area (Å²) < 4.78 is 4.56. The fraction of sp³-hybridized carbons (Fsp3) is 0.111. The van der Waals surface area contributed by atoms with Crippen LogP contribution in [0.4, 0.5) is 5.69 Å². The number of anilines is 1. The van der Waals surface area contributed by atoms with E-state index in [2.05, 4.69) is 4.74 Å². The molecule has 0 saturated carbocycles. The first-order chi connectivity index (χ1) is 6.69. The van der Waals surface area contributed by atoms with Gasteiger partial charge < -0.3 is 10.5 Å². The fourth-order valence-electron chi connectivity index (χ4n) is 0.955. The van der Waals surface area contributed by atoms with Gasteiger partial charge in [-0.2, -0.15) is 5.26 Å². The highest BCUT2D eigenvalue weighted by Crippen LogP contribution is 2.24. The number of carbonyl (C=O) groups excluding carboxylic acids is 1. The maximum atomic E-state index is 11.3. The Morgan fingerprint density at radius 1 is 1.64 bits per heavy atom. The van der Waals surface area contributed by atoms with Gasteiger partial charge in [0.2, 0.25) is 0 Å². The number of carbonyl (C=O) groups is 1. The maximum Gasteiger partial charge on any atom is 0.339 e. The average Bonchev–Trinajstić information content (AvgIpc) is 2.20. The van der Waals surface area contributed by atoms with E-state index >= 15 is 0 Å². The summed E-state index contributed by atoms with van der Waals surface area (Å²) in [5.41, 5.74) is 6.30. The molecule has 0 bridgehead atoms.